The van der Waals surface area contributed by atoms with Gasteiger partial charge < -0.3 is 10.8 Å². The molecule has 0 aromatic rings. The van der Waals surface area contributed by atoms with Crippen LogP contribution < -0.4 is 5.73 Å². The van der Waals surface area contributed by atoms with Crippen LogP contribution in [0.25, 0.3) is 0 Å². The molecule has 0 aliphatic rings. The highest BCUT2D eigenvalue weighted by atomic mass is 16.4. The van der Waals surface area contributed by atoms with Crippen LogP contribution in [-0.2, 0) is 4.79 Å². The minimum atomic E-state index is -0.773. The Morgan fingerprint density at radius 2 is 2.00 bits per heavy atom. The minimum absolute atomic E-state index is 0.00938. The Kier molecular flexibility index (Phi) is 3.52. The van der Waals surface area contributed by atoms with Gasteiger partial charge in [0.05, 0.1) is 0 Å². The molecule has 0 fully saturated rings. The summed E-state index contributed by atoms with van der Waals surface area (Å²) in [6.45, 7) is 6.04. The van der Waals surface area contributed by atoms with Gasteiger partial charge in [-0.15, -0.1) is 0 Å². The first-order valence-corrected chi connectivity index (χ1v) is 3.81. The van der Waals surface area contributed by atoms with E-state index in [2.05, 4.69) is 0 Å². The Morgan fingerprint density at radius 1 is 1.55 bits per heavy atom. The average molecular weight is 159 g/mol. The molecule has 0 amide bonds. The fourth-order valence-electron chi connectivity index (χ4n) is 0.712. The van der Waals surface area contributed by atoms with Gasteiger partial charge in [0.2, 0.25) is 0 Å². The summed E-state index contributed by atoms with van der Waals surface area (Å²) in [5.74, 6) is -0.773. The Hall–Kier alpha value is -0.570. The fraction of sp³-hybridized carbons (Fsp3) is 0.875. The third-order valence-corrected chi connectivity index (χ3v) is 1.78. The number of aliphatic carboxylic acids is 1. The lowest BCUT2D eigenvalue weighted by molar-refractivity contribution is -0.137. The first-order chi connectivity index (χ1) is 4.84. The second kappa shape index (κ2) is 3.72. The maximum atomic E-state index is 10.2. The van der Waals surface area contributed by atoms with E-state index in [1.807, 2.05) is 20.8 Å². The highest BCUT2D eigenvalue weighted by Crippen LogP contribution is 2.20. The van der Waals surface area contributed by atoms with E-state index in [-0.39, 0.29) is 17.9 Å². The zero-order valence-electron chi connectivity index (χ0n) is 7.42. The Bertz CT molecular complexity index is 138. The molecule has 3 N–H and O–H groups in total. The van der Waals surface area contributed by atoms with Crippen LogP contribution in [0.4, 0.5) is 0 Å². The van der Waals surface area contributed by atoms with Crippen molar-refractivity contribution in [1.82, 2.24) is 0 Å². The van der Waals surface area contributed by atoms with Gasteiger partial charge in [-0.05, 0) is 11.8 Å². The van der Waals surface area contributed by atoms with Crippen molar-refractivity contribution in [3.05, 3.63) is 0 Å². The molecule has 0 saturated heterocycles. The van der Waals surface area contributed by atoms with Gasteiger partial charge in [0.25, 0.3) is 0 Å². The first-order valence-electron chi connectivity index (χ1n) is 3.81. The molecule has 0 aromatic heterocycles. The highest BCUT2D eigenvalue weighted by molar-refractivity contribution is 5.66. The van der Waals surface area contributed by atoms with Crippen LogP contribution in [-0.4, -0.2) is 17.1 Å². The van der Waals surface area contributed by atoms with E-state index in [0.717, 1.165) is 0 Å². The summed E-state index contributed by atoms with van der Waals surface area (Å²) in [5, 5.41) is 8.37. The van der Waals surface area contributed by atoms with Crippen molar-refractivity contribution in [3.8, 4) is 0 Å². The largest absolute Gasteiger partial charge is 0.481 e. The summed E-state index contributed by atoms with van der Waals surface area (Å²) >= 11 is 0. The van der Waals surface area contributed by atoms with Crippen LogP contribution in [0.15, 0.2) is 0 Å². The van der Waals surface area contributed by atoms with E-state index in [0.29, 0.717) is 6.42 Å². The number of hydrogen-bond donors (Lipinski definition) is 2. The van der Waals surface area contributed by atoms with Crippen molar-refractivity contribution in [3.63, 3.8) is 0 Å². The SMILES string of the molecule is CC(C)(C)[C@H](N)CCC(=O)O. The number of carbonyl (C=O) groups is 1. The number of hydrogen-bond acceptors (Lipinski definition) is 2. The van der Waals surface area contributed by atoms with Crippen LogP contribution in [0.3, 0.4) is 0 Å². The standard InChI is InChI=1S/C8H17NO2/c1-8(2,3)6(9)4-5-7(10)11/h6H,4-5,9H2,1-3H3,(H,10,11)/t6-/m1/s1. The molecular formula is C8H17NO2. The van der Waals surface area contributed by atoms with Crippen LogP contribution in [0.1, 0.15) is 33.6 Å². The van der Waals surface area contributed by atoms with E-state index >= 15 is 0 Å². The quantitative estimate of drug-likeness (QED) is 0.651. The summed E-state index contributed by atoms with van der Waals surface area (Å²) in [5.41, 5.74) is 5.75. The van der Waals surface area contributed by atoms with E-state index in [1.54, 1.807) is 0 Å². The third-order valence-electron chi connectivity index (χ3n) is 1.78. The Morgan fingerprint density at radius 3 is 2.27 bits per heavy atom. The molecule has 11 heavy (non-hydrogen) atoms. The molecule has 0 bridgehead atoms. The van der Waals surface area contributed by atoms with Crippen LogP contribution in [0.2, 0.25) is 0 Å². The molecule has 0 spiro atoms. The molecule has 0 saturated carbocycles. The number of carboxylic acids is 1. The van der Waals surface area contributed by atoms with Crippen molar-refractivity contribution >= 4 is 5.97 Å². The van der Waals surface area contributed by atoms with Crippen molar-refractivity contribution in [2.75, 3.05) is 0 Å². The van der Waals surface area contributed by atoms with Crippen molar-refractivity contribution < 1.29 is 9.90 Å². The summed E-state index contributed by atoms with van der Waals surface area (Å²) in [6.07, 6.45) is 0.720. The van der Waals surface area contributed by atoms with Gasteiger partial charge in [-0.1, -0.05) is 20.8 Å². The average Bonchev–Trinajstić information content (AvgIpc) is 1.80. The molecule has 66 valence electrons. The molecule has 1 atom stereocenters. The second-order valence-corrected chi connectivity index (χ2v) is 3.90. The topological polar surface area (TPSA) is 63.3 Å². The lowest BCUT2D eigenvalue weighted by Gasteiger charge is -2.26. The molecule has 0 rings (SSSR count). The zero-order chi connectivity index (χ0) is 9.07. The molecular weight excluding hydrogens is 142 g/mol. The van der Waals surface area contributed by atoms with Crippen molar-refractivity contribution in [1.29, 1.82) is 0 Å². The van der Waals surface area contributed by atoms with Gasteiger partial charge in [0, 0.05) is 12.5 Å². The molecule has 0 aliphatic carbocycles. The van der Waals surface area contributed by atoms with Gasteiger partial charge in [0.15, 0.2) is 0 Å². The van der Waals surface area contributed by atoms with E-state index in [4.69, 9.17) is 10.8 Å². The van der Waals surface area contributed by atoms with Gasteiger partial charge >= 0.3 is 5.97 Å². The normalized spacial score (nSPS) is 14.5. The second-order valence-electron chi connectivity index (χ2n) is 3.90. The maximum absolute atomic E-state index is 10.2. The summed E-state index contributed by atoms with van der Waals surface area (Å²) < 4.78 is 0. The van der Waals surface area contributed by atoms with E-state index in [1.165, 1.54) is 0 Å². The first kappa shape index (κ1) is 10.4. The fourth-order valence-corrected chi connectivity index (χ4v) is 0.712. The van der Waals surface area contributed by atoms with Gasteiger partial charge in [-0.3, -0.25) is 4.79 Å². The summed E-state index contributed by atoms with van der Waals surface area (Å²) in [6, 6.07) is -0.0291. The van der Waals surface area contributed by atoms with E-state index < -0.39 is 5.97 Å². The number of carboxylic acid groups (broad SMARTS) is 1. The molecule has 0 heterocycles. The molecule has 0 aliphatic heterocycles. The molecule has 3 nitrogen and oxygen atoms in total. The van der Waals surface area contributed by atoms with Crippen LogP contribution in [0.5, 0.6) is 0 Å². The lowest BCUT2D eigenvalue weighted by Crippen LogP contribution is -2.35. The highest BCUT2D eigenvalue weighted by Gasteiger charge is 2.20. The van der Waals surface area contributed by atoms with Crippen LogP contribution >= 0.6 is 0 Å². The van der Waals surface area contributed by atoms with Crippen molar-refractivity contribution in [2.45, 2.75) is 39.7 Å². The van der Waals surface area contributed by atoms with Crippen molar-refractivity contribution in [2.24, 2.45) is 11.1 Å². The molecule has 0 aromatic carbocycles. The van der Waals surface area contributed by atoms with Gasteiger partial charge in [0.1, 0.15) is 0 Å². The lowest BCUT2D eigenvalue weighted by atomic mass is 9.85. The molecule has 0 radical (unpaired) electrons. The van der Waals surface area contributed by atoms with Gasteiger partial charge in [-0.25, -0.2) is 0 Å². The minimum Gasteiger partial charge on any atom is -0.481 e. The zero-order valence-corrected chi connectivity index (χ0v) is 7.42. The smallest absolute Gasteiger partial charge is 0.303 e. The Labute approximate surface area is 67.6 Å². The van der Waals surface area contributed by atoms with Crippen LogP contribution in [0, 0.1) is 5.41 Å². The summed E-state index contributed by atoms with van der Waals surface area (Å²) in [7, 11) is 0. The molecule has 0 unspecified atom stereocenters. The number of rotatable bonds is 3. The predicted molar refractivity (Wildman–Crippen MR) is 44.3 cm³/mol. The maximum Gasteiger partial charge on any atom is 0.303 e. The summed E-state index contributed by atoms with van der Waals surface area (Å²) in [4.78, 5) is 10.2. The van der Waals surface area contributed by atoms with E-state index in [9.17, 15) is 4.79 Å². The number of nitrogens with two attached hydrogens (primary N) is 1. The molecule has 3 heteroatoms. The Balaban J connectivity index is 3.70. The predicted octanol–water partition coefficient (Wildman–Crippen LogP) is 1.22. The monoisotopic (exact) mass is 159 g/mol. The third kappa shape index (κ3) is 4.79. The van der Waals surface area contributed by atoms with Gasteiger partial charge in [-0.2, -0.15) is 0 Å².